The van der Waals surface area contributed by atoms with Gasteiger partial charge in [-0.15, -0.1) is 0 Å². The zero-order valence-electron chi connectivity index (χ0n) is 17.7. The van der Waals surface area contributed by atoms with E-state index >= 15 is 0 Å². The predicted molar refractivity (Wildman–Crippen MR) is 119 cm³/mol. The summed E-state index contributed by atoms with van der Waals surface area (Å²) in [5, 5.41) is 11.6. The third kappa shape index (κ3) is 4.23. The molecule has 1 amide bonds. The van der Waals surface area contributed by atoms with E-state index in [9.17, 15) is 19.1 Å². The lowest BCUT2D eigenvalue weighted by Crippen LogP contribution is -2.37. The van der Waals surface area contributed by atoms with E-state index in [-0.39, 0.29) is 16.9 Å². The second kappa shape index (κ2) is 9.30. The lowest BCUT2D eigenvalue weighted by molar-refractivity contribution is -0.140. The normalized spacial score (nSPS) is 20.8. The van der Waals surface area contributed by atoms with Crippen LogP contribution in [0.25, 0.3) is 5.76 Å². The maximum Gasteiger partial charge on any atom is 0.295 e. The Morgan fingerprint density at radius 3 is 2.59 bits per heavy atom. The maximum absolute atomic E-state index is 14.0. The Hall–Kier alpha value is -2.90. The van der Waals surface area contributed by atoms with Crippen LogP contribution in [0.5, 0.6) is 5.75 Å². The largest absolute Gasteiger partial charge is 0.507 e. The number of halogens is 2. The van der Waals surface area contributed by atoms with Crippen LogP contribution in [0.4, 0.5) is 4.39 Å². The number of ether oxygens (including phenoxy) is 1. The van der Waals surface area contributed by atoms with E-state index in [2.05, 4.69) is 4.90 Å². The molecule has 4 rings (SSSR count). The molecule has 0 saturated carbocycles. The first-order chi connectivity index (χ1) is 15.4. The van der Waals surface area contributed by atoms with Crippen molar-refractivity contribution in [3.8, 4) is 5.75 Å². The summed E-state index contributed by atoms with van der Waals surface area (Å²) in [5.74, 6) is -2.41. The highest BCUT2D eigenvalue weighted by atomic mass is 35.5. The van der Waals surface area contributed by atoms with Crippen molar-refractivity contribution in [3.63, 3.8) is 0 Å². The lowest BCUT2D eigenvalue weighted by atomic mass is 9.95. The minimum absolute atomic E-state index is 0.0112. The average Bonchev–Trinajstić information content (AvgIpc) is 3.39. The van der Waals surface area contributed by atoms with Crippen molar-refractivity contribution in [1.29, 1.82) is 0 Å². The molecular formula is C24H24ClFN2O4. The third-order valence-electron chi connectivity index (χ3n) is 5.98. The first-order valence-corrected chi connectivity index (χ1v) is 10.9. The van der Waals surface area contributed by atoms with Gasteiger partial charge in [-0.2, -0.15) is 0 Å². The minimum atomic E-state index is -0.843. The SMILES string of the molecule is COc1ccc(F)cc1/C(O)=C1\C(=O)C(=O)N(CCN2CCCC2)C1c1cccc(Cl)c1. The van der Waals surface area contributed by atoms with Gasteiger partial charge in [0.2, 0.25) is 0 Å². The van der Waals surface area contributed by atoms with Crippen LogP contribution in [0.15, 0.2) is 48.0 Å². The summed E-state index contributed by atoms with van der Waals surface area (Å²) in [7, 11) is 1.38. The number of rotatable bonds is 6. The van der Waals surface area contributed by atoms with E-state index in [4.69, 9.17) is 16.3 Å². The van der Waals surface area contributed by atoms with Crippen LogP contribution < -0.4 is 4.74 Å². The van der Waals surface area contributed by atoms with Gasteiger partial charge < -0.3 is 19.6 Å². The summed E-state index contributed by atoms with van der Waals surface area (Å²) in [6, 6.07) is 9.63. The monoisotopic (exact) mass is 458 g/mol. The van der Waals surface area contributed by atoms with Gasteiger partial charge in [0.15, 0.2) is 0 Å². The lowest BCUT2D eigenvalue weighted by Gasteiger charge is -2.27. The van der Waals surface area contributed by atoms with Gasteiger partial charge >= 0.3 is 0 Å². The van der Waals surface area contributed by atoms with E-state index < -0.39 is 29.3 Å². The van der Waals surface area contributed by atoms with Crippen molar-refractivity contribution >= 4 is 29.1 Å². The quantitative estimate of drug-likeness (QED) is 0.402. The van der Waals surface area contributed by atoms with Gasteiger partial charge in [0.05, 0.1) is 24.3 Å². The fourth-order valence-electron chi connectivity index (χ4n) is 4.40. The molecule has 1 atom stereocenters. The molecule has 168 valence electrons. The molecule has 6 nitrogen and oxygen atoms in total. The summed E-state index contributed by atoms with van der Waals surface area (Å²) >= 11 is 6.19. The number of aliphatic hydroxyl groups is 1. The predicted octanol–water partition coefficient (Wildman–Crippen LogP) is 4.01. The van der Waals surface area contributed by atoms with Crippen LogP contribution in [0, 0.1) is 5.82 Å². The molecule has 0 aromatic heterocycles. The van der Waals surface area contributed by atoms with Crippen LogP contribution in [0.2, 0.25) is 5.02 Å². The zero-order chi connectivity index (χ0) is 22.8. The molecule has 0 spiro atoms. The Kier molecular flexibility index (Phi) is 6.48. The summed E-state index contributed by atoms with van der Waals surface area (Å²) in [5.41, 5.74) is 0.495. The smallest absolute Gasteiger partial charge is 0.295 e. The van der Waals surface area contributed by atoms with Crippen molar-refractivity contribution in [2.24, 2.45) is 0 Å². The second-order valence-electron chi connectivity index (χ2n) is 7.94. The Morgan fingerprint density at radius 2 is 1.91 bits per heavy atom. The molecule has 1 N–H and O–H groups in total. The molecule has 0 bridgehead atoms. The molecule has 2 aromatic carbocycles. The standard InChI is InChI=1S/C24H24ClFN2O4/c1-32-19-8-7-17(26)14-18(19)22(29)20-21(15-5-4-6-16(25)13-15)28(24(31)23(20)30)12-11-27-9-2-3-10-27/h4-8,13-14,21,29H,2-3,9-12H2,1H3/b22-20+. The van der Waals surface area contributed by atoms with Crippen molar-refractivity contribution in [2.45, 2.75) is 18.9 Å². The van der Waals surface area contributed by atoms with Crippen LogP contribution in [-0.2, 0) is 9.59 Å². The molecule has 2 aliphatic rings. The van der Waals surface area contributed by atoms with Crippen LogP contribution in [0.1, 0.15) is 30.0 Å². The van der Waals surface area contributed by atoms with E-state index in [0.717, 1.165) is 32.0 Å². The number of nitrogens with zero attached hydrogens (tertiary/aromatic N) is 2. The number of likely N-dealkylation sites (tertiary alicyclic amines) is 2. The molecular weight excluding hydrogens is 435 g/mol. The van der Waals surface area contributed by atoms with Gasteiger partial charge in [-0.25, -0.2) is 4.39 Å². The highest BCUT2D eigenvalue weighted by molar-refractivity contribution is 6.46. The fraction of sp³-hybridized carbons (Fsp3) is 0.333. The number of benzene rings is 2. The van der Waals surface area contributed by atoms with Gasteiger partial charge in [-0.1, -0.05) is 23.7 Å². The maximum atomic E-state index is 14.0. The van der Waals surface area contributed by atoms with E-state index in [1.54, 1.807) is 24.3 Å². The minimum Gasteiger partial charge on any atom is -0.507 e. The highest BCUT2D eigenvalue weighted by Crippen LogP contribution is 2.41. The van der Waals surface area contributed by atoms with Gasteiger partial charge in [-0.05, 0) is 61.8 Å². The molecule has 0 radical (unpaired) electrons. The molecule has 32 heavy (non-hydrogen) atoms. The first-order valence-electron chi connectivity index (χ1n) is 10.5. The highest BCUT2D eigenvalue weighted by Gasteiger charge is 2.46. The van der Waals surface area contributed by atoms with Crippen molar-refractivity contribution in [2.75, 3.05) is 33.3 Å². The molecule has 2 fully saturated rings. The third-order valence-corrected chi connectivity index (χ3v) is 6.21. The van der Waals surface area contributed by atoms with Crippen LogP contribution in [0.3, 0.4) is 0 Å². The van der Waals surface area contributed by atoms with E-state index in [1.807, 2.05) is 0 Å². The van der Waals surface area contributed by atoms with Gasteiger partial charge in [0, 0.05) is 18.1 Å². The average molecular weight is 459 g/mol. The number of ketones is 1. The molecule has 1 unspecified atom stereocenters. The second-order valence-corrected chi connectivity index (χ2v) is 8.38. The molecule has 8 heteroatoms. The topological polar surface area (TPSA) is 70.1 Å². The number of carbonyl (C=O) groups is 2. The van der Waals surface area contributed by atoms with Gasteiger partial charge in [0.25, 0.3) is 11.7 Å². The fourth-order valence-corrected chi connectivity index (χ4v) is 4.60. The van der Waals surface area contributed by atoms with Crippen molar-refractivity contribution in [3.05, 3.63) is 70.0 Å². The number of hydrogen-bond donors (Lipinski definition) is 1. The summed E-state index contributed by atoms with van der Waals surface area (Å²) < 4.78 is 19.2. The Morgan fingerprint density at radius 1 is 1.16 bits per heavy atom. The molecule has 0 aliphatic carbocycles. The number of aliphatic hydroxyl groups excluding tert-OH is 1. The molecule has 2 aromatic rings. The zero-order valence-corrected chi connectivity index (χ0v) is 18.4. The first kappa shape index (κ1) is 22.3. The van der Waals surface area contributed by atoms with Crippen LogP contribution in [-0.4, -0.2) is 59.9 Å². The number of methoxy groups -OCH3 is 1. The molecule has 2 aliphatic heterocycles. The summed E-state index contributed by atoms with van der Waals surface area (Å²) in [6.07, 6.45) is 2.21. The molecule has 2 saturated heterocycles. The van der Waals surface area contributed by atoms with Gasteiger partial charge in [-0.3, -0.25) is 9.59 Å². The Balaban J connectivity index is 1.82. The van der Waals surface area contributed by atoms with E-state index in [1.165, 1.54) is 24.1 Å². The number of amides is 1. The summed E-state index contributed by atoms with van der Waals surface area (Å²) in [6.45, 7) is 2.84. The molecule has 2 heterocycles. The van der Waals surface area contributed by atoms with Crippen molar-refractivity contribution in [1.82, 2.24) is 9.80 Å². The van der Waals surface area contributed by atoms with Crippen molar-refractivity contribution < 1.29 is 23.8 Å². The Bertz CT molecular complexity index is 1080. The Labute approximate surface area is 190 Å². The van der Waals surface area contributed by atoms with Crippen LogP contribution >= 0.6 is 11.6 Å². The summed E-state index contributed by atoms with van der Waals surface area (Å²) in [4.78, 5) is 29.8. The number of Topliss-reactive ketones (excluding diaryl/α,β-unsaturated/α-hetero) is 1. The van der Waals surface area contributed by atoms with Gasteiger partial charge in [0.1, 0.15) is 17.3 Å². The number of hydrogen-bond acceptors (Lipinski definition) is 5. The number of carbonyl (C=O) groups excluding carboxylic acids is 2. The van der Waals surface area contributed by atoms with E-state index in [0.29, 0.717) is 23.7 Å².